The van der Waals surface area contributed by atoms with Gasteiger partial charge in [-0.15, -0.1) is 0 Å². The Labute approximate surface area is 192 Å². The fraction of sp³-hybridized carbons (Fsp3) is 0.0435. The molecule has 0 fully saturated rings. The molecule has 0 aliphatic rings. The minimum absolute atomic E-state index is 0.175. The zero-order valence-electron chi connectivity index (χ0n) is 16.3. The van der Waals surface area contributed by atoms with Crippen LogP contribution in [0.4, 0.5) is 4.39 Å². The summed E-state index contributed by atoms with van der Waals surface area (Å²) < 4.78 is 15.5. The Kier molecular flexibility index (Phi) is 6.18. The fourth-order valence-electron chi connectivity index (χ4n) is 3.33. The molecule has 2 aromatic heterocycles. The van der Waals surface area contributed by atoms with Gasteiger partial charge in [-0.1, -0.05) is 23.7 Å². The highest BCUT2D eigenvalue weighted by Crippen LogP contribution is 2.30. The molecular weight excluding hydrogens is 481 g/mol. The van der Waals surface area contributed by atoms with Crippen LogP contribution in [0.1, 0.15) is 16.7 Å². The molecule has 4 aromatic rings. The van der Waals surface area contributed by atoms with E-state index in [-0.39, 0.29) is 11.3 Å². The highest BCUT2D eigenvalue weighted by molar-refractivity contribution is 9.10. The molecule has 0 bridgehead atoms. The lowest BCUT2D eigenvalue weighted by Crippen LogP contribution is -2.31. The van der Waals surface area contributed by atoms with Crippen molar-refractivity contribution in [3.8, 4) is 0 Å². The van der Waals surface area contributed by atoms with Crippen molar-refractivity contribution >= 4 is 49.8 Å². The number of halogens is 3. The summed E-state index contributed by atoms with van der Waals surface area (Å²) in [6, 6.07) is 15.6. The SMILES string of the molecule is N/C(=C(/c1ccc2ncc(Br)cc2c1)N(N)Cc1cccnc1)c1cc(Cl)ccc1F. The number of hydrogen-bond donors (Lipinski definition) is 2. The number of fused-ring (bicyclic) bond motifs is 1. The van der Waals surface area contributed by atoms with Crippen molar-refractivity contribution in [3.05, 3.63) is 105 Å². The third-order valence-corrected chi connectivity index (χ3v) is 5.43. The van der Waals surface area contributed by atoms with E-state index in [4.69, 9.17) is 23.2 Å². The number of benzene rings is 2. The van der Waals surface area contributed by atoms with E-state index in [0.717, 1.165) is 26.5 Å². The van der Waals surface area contributed by atoms with Crippen molar-refractivity contribution in [3.63, 3.8) is 0 Å². The monoisotopic (exact) mass is 497 g/mol. The summed E-state index contributed by atoms with van der Waals surface area (Å²) in [5, 5.41) is 2.75. The zero-order valence-corrected chi connectivity index (χ0v) is 18.6. The van der Waals surface area contributed by atoms with E-state index in [1.165, 1.54) is 23.2 Å². The molecule has 0 atom stereocenters. The Bertz CT molecular complexity index is 1280. The molecule has 5 nitrogen and oxygen atoms in total. The topological polar surface area (TPSA) is 81.1 Å². The van der Waals surface area contributed by atoms with Gasteiger partial charge < -0.3 is 10.7 Å². The van der Waals surface area contributed by atoms with Crippen LogP contribution in [0.25, 0.3) is 22.3 Å². The van der Waals surface area contributed by atoms with Crippen molar-refractivity contribution in [1.82, 2.24) is 15.0 Å². The Hall–Kier alpha value is -3.00. The maximum Gasteiger partial charge on any atom is 0.132 e. The van der Waals surface area contributed by atoms with Crippen molar-refractivity contribution < 1.29 is 4.39 Å². The van der Waals surface area contributed by atoms with Crippen molar-refractivity contribution in [2.24, 2.45) is 11.6 Å². The largest absolute Gasteiger partial charge is 0.396 e. The lowest BCUT2D eigenvalue weighted by Gasteiger charge is -2.25. The van der Waals surface area contributed by atoms with Crippen LogP contribution in [0, 0.1) is 5.82 Å². The summed E-state index contributed by atoms with van der Waals surface area (Å²) in [4.78, 5) is 8.53. The molecule has 156 valence electrons. The summed E-state index contributed by atoms with van der Waals surface area (Å²) in [7, 11) is 0. The van der Waals surface area contributed by atoms with E-state index < -0.39 is 5.82 Å². The Morgan fingerprint density at radius 1 is 1.10 bits per heavy atom. The van der Waals surface area contributed by atoms with E-state index in [9.17, 15) is 4.39 Å². The molecule has 2 heterocycles. The van der Waals surface area contributed by atoms with Crippen LogP contribution in [-0.2, 0) is 6.54 Å². The molecule has 4 N–H and O–H groups in total. The predicted octanol–water partition coefficient (Wildman–Crippen LogP) is 5.35. The number of aromatic nitrogens is 2. The lowest BCUT2D eigenvalue weighted by atomic mass is 10.0. The van der Waals surface area contributed by atoms with Gasteiger partial charge in [-0.2, -0.15) is 0 Å². The molecule has 0 saturated heterocycles. The normalized spacial score (nSPS) is 12.0. The number of nitrogens with two attached hydrogens (primary N) is 2. The number of pyridine rings is 2. The maximum atomic E-state index is 14.6. The fourth-order valence-corrected chi connectivity index (χ4v) is 3.85. The van der Waals surface area contributed by atoms with E-state index >= 15 is 0 Å². The van der Waals surface area contributed by atoms with Crippen LogP contribution >= 0.6 is 27.5 Å². The Balaban J connectivity index is 1.89. The van der Waals surface area contributed by atoms with Gasteiger partial charge in [-0.05, 0) is 64.0 Å². The second kappa shape index (κ2) is 9.01. The molecule has 0 spiro atoms. The quantitative estimate of drug-likeness (QED) is 0.220. The van der Waals surface area contributed by atoms with Crippen LogP contribution < -0.4 is 11.6 Å². The molecule has 0 unspecified atom stereocenters. The van der Waals surface area contributed by atoms with Crippen molar-refractivity contribution in [2.45, 2.75) is 6.54 Å². The van der Waals surface area contributed by atoms with Gasteiger partial charge in [-0.25, -0.2) is 10.2 Å². The average Bonchev–Trinajstić information content (AvgIpc) is 2.76. The summed E-state index contributed by atoms with van der Waals surface area (Å²) in [6.07, 6.45) is 5.13. The average molecular weight is 499 g/mol. The van der Waals surface area contributed by atoms with E-state index in [0.29, 0.717) is 17.3 Å². The highest BCUT2D eigenvalue weighted by atomic mass is 79.9. The van der Waals surface area contributed by atoms with Gasteiger partial charge in [0.2, 0.25) is 0 Å². The third-order valence-electron chi connectivity index (χ3n) is 4.76. The molecule has 31 heavy (non-hydrogen) atoms. The number of nitrogens with zero attached hydrogens (tertiary/aromatic N) is 3. The minimum atomic E-state index is -0.487. The third kappa shape index (κ3) is 4.69. The Morgan fingerprint density at radius 3 is 2.71 bits per heavy atom. The molecule has 0 saturated carbocycles. The molecule has 0 aliphatic heterocycles. The molecule has 0 radical (unpaired) electrons. The second-order valence-electron chi connectivity index (χ2n) is 6.94. The molecule has 4 rings (SSSR count). The van der Waals surface area contributed by atoms with Gasteiger partial charge in [0.05, 0.1) is 23.5 Å². The van der Waals surface area contributed by atoms with Crippen molar-refractivity contribution in [2.75, 3.05) is 0 Å². The molecular formula is C23H18BrClFN5. The van der Waals surface area contributed by atoms with Crippen LogP contribution in [0.15, 0.2) is 77.7 Å². The van der Waals surface area contributed by atoms with Crippen LogP contribution in [0.3, 0.4) is 0 Å². The summed E-state index contributed by atoms with van der Waals surface area (Å²) >= 11 is 9.55. The molecule has 0 aliphatic carbocycles. The van der Waals surface area contributed by atoms with Crippen LogP contribution in [0.5, 0.6) is 0 Å². The van der Waals surface area contributed by atoms with Gasteiger partial charge in [0, 0.05) is 44.6 Å². The van der Waals surface area contributed by atoms with Crippen molar-refractivity contribution in [1.29, 1.82) is 0 Å². The number of rotatable bonds is 5. The highest BCUT2D eigenvalue weighted by Gasteiger charge is 2.18. The first kappa shape index (κ1) is 21.2. The van der Waals surface area contributed by atoms with E-state index in [1.807, 2.05) is 36.4 Å². The predicted molar refractivity (Wildman–Crippen MR) is 126 cm³/mol. The standard InChI is InChI=1S/C23H18BrClFN5/c24-17-9-16-8-15(3-6-21(16)30-12-17)23(31(28)13-14-2-1-7-29-11-14)22(27)19-10-18(25)4-5-20(19)26/h1-12H,13,27-28H2/b23-22-. The first-order valence-corrected chi connectivity index (χ1v) is 10.5. The summed E-state index contributed by atoms with van der Waals surface area (Å²) in [6.45, 7) is 0.320. The zero-order chi connectivity index (χ0) is 22.0. The summed E-state index contributed by atoms with van der Waals surface area (Å²) in [5.41, 5.74) is 9.72. The van der Waals surface area contributed by atoms with Gasteiger partial charge in [0.15, 0.2) is 0 Å². The first-order valence-electron chi connectivity index (χ1n) is 9.34. The van der Waals surface area contributed by atoms with Gasteiger partial charge >= 0.3 is 0 Å². The van der Waals surface area contributed by atoms with E-state index in [2.05, 4.69) is 25.9 Å². The number of hydrogen-bond acceptors (Lipinski definition) is 5. The van der Waals surface area contributed by atoms with Gasteiger partial charge in [0.1, 0.15) is 5.82 Å². The minimum Gasteiger partial charge on any atom is -0.396 e. The molecule has 2 aromatic carbocycles. The Morgan fingerprint density at radius 2 is 1.94 bits per heavy atom. The van der Waals surface area contributed by atoms with Gasteiger partial charge in [0.25, 0.3) is 0 Å². The van der Waals surface area contributed by atoms with Crippen LogP contribution in [0.2, 0.25) is 5.02 Å². The molecule has 0 amide bonds. The summed E-state index contributed by atoms with van der Waals surface area (Å²) in [5.74, 6) is 5.98. The van der Waals surface area contributed by atoms with E-state index in [1.54, 1.807) is 18.6 Å². The lowest BCUT2D eigenvalue weighted by molar-refractivity contribution is 0.410. The van der Waals surface area contributed by atoms with Gasteiger partial charge in [-0.3, -0.25) is 9.97 Å². The molecule has 8 heteroatoms. The maximum absolute atomic E-state index is 14.6. The smallest absolute Gasteiger partial charge is 0.132 e. The van der Waals surface area contributed by atoms with Crippen LogP contribution in [-0.4, -0.2) is 15.0 Å². The first-order chi connectivity index (χ1) is 14.9. The second-order valence-corrected chi connectivity index (χ2v) is 8.29. The number of hydrazine groups is 1.